The van der Waals surface area contributed by atoms with Crippen LogP contribution in [0, 0.1) is 11.6 Å². The maximum Gasteiger partial charge on any atom is 0.236 e. The van der Waals surface area contributed by atoms with Gasteiger partial charge in [-0.3, -0.25) is 0 Å². The molecule has 0 fully saturated rings. The van der Waals surface area contributed by atoms with Crippen LogP contribution in [0.15, 0.2) is 12.1 Å². The van der Waals surface area contributed by atoms with Gasteiger partial charge in [-0.25, -0.2) is 17.2 Å². The van der Waals surface area contributed by atoms with Crippen molar-refractivity contribution in [2.75, 3.05) is 0 Å². The van der Waals surface area contributed by atoms with Gasteiger partial charge in [0.15, 0.2) is 11.6 Å². The van der Waals surface area contributed by atoms with E-state index in [4.69, 9.17) is 15.8 Å². The minimum atomic E-state index is -3.95. The number of benzene rings is 1. The van der Waals surface area contributed by atoms with Crippen LogP contribution in [0.4, 0.5) is 8.78 Å². The molecule has 78 valence electrons. The van der Waals surface area contributed by atoms with Crippen LogP contribution >= 0.6 is 10.7 Å². The molecule has 0 amide bonds. The van der Waals surface area contributed by atoms with Crippen LogP contribution in [0.25, 0.3) is 0 Å². The Bertz CT molecular complexity index is 458. The Morgan fingerprint density at radius 2 is 1.86 bits per heavy atom. The van der Waals surface area contributed by atoms with Crippen LogP contribution in [0.5, 0.6) is 5.75 Å². The first-order valence-corrected chi connectivity index (χ1v) is 5.86. The first-order valence-electron chi connectivity index (χ1n) is 3.39. The highest BCUT2D eigenvalue weighted by atomic mass is 35.7. The van der Waals surface area contributed by atoms with Crippen molar-refractivity contribution >= 4 is 19.7 Å². The number of phenols is 1. The minimum absolute atomic E-state index is 0.421. The lowest BCUT2D eigenvalue weighted by Gasteiger charge is -2.02. The van der Waals surface area contributed by atoms with E-state index in [0.29, 0.717) is 12.1 Å². The third kappa shape index (κ3) is 2.81. The first-order chi connectivity index (χ1) is 6.29. The second-order valence-electron chi connectivity index (χ2n) is 2.58. The Kier molecular flexibility index (Phi) is 2.96. The van der Waals surface area contributed by atoms with E-state index >= 15 is 0 Å². The van der Waals surface area contributed by atoms with Gasteiger partial charge < -0.3 is 5.11 Å². The Morgan fingerprint density at radius 1 is 1.29 bits per heavy atom. The van der Waals surface area contributed by atoms with Gasteiger partial charge in [-0.15, -0.1) is 0 Å². The van der Waals surface area contributed by atoms with E-state index in [1.54, 1.807) is 0 Å². The van der Waals surface area contributed by atoms with Gasteiger partial charge in [0.05, 0.1) is 5.75 Å². The highest BCUT2D eigenvalue weighted by molar-refractivity contribution is 8.13. The molecule has 0 radical (unpaired) electrons. The maximum atomic E-state index is 12.9. The molecule has 0 aliphatic rings. The predicted molar refractivity (Wildman–Crippen MR) is 46.5 cm³/mol. The summed E-state index contributed by atoms with van der Waals surface area (Å²) in [6.07, 6.45) is 0. The van der Waals surface area contributed by atoms with Crippen molar-refractivity contribution in [2.24, 2.45) is 0 Å². The zero-order valence-electron chi connectivity index (χ0n) is 6.67. The predicted octanol–water partition coefficient (Wildman–Crippen LogP) is 1.74. The van der Waals surface area contributed by atoms with Crippen molar-refractivity contribution in [1.29, 1.82) is 0 Å². The zero-order valence-corrected chi connectivity index (χ0v) is 8.24. The standard InChI is InChI=1S/C7H5ClF2O3S/c8-14(12,13)3-4-1-6(10)7(11)2-5(4)9/h1-2,11H,3H2. The average molecular weight is 243 g/mol. The molecule has 0 bridgehead atoms. The molecular weight excluding hydrogens is 238 g/mol. The lowest BCUT2D eigenvalue weighted by atomic mass is 10.2. The molecule has 0 unspecified atom stereocenters. The van der Waals surface area contributed by atoms with E-state index in [1.165, 1.54) is 0 Å². The summed E-state index contributed by atoms with van der Waals surface area (Å²) in [4.78, 5) is 0. The quantitative estimate of drug-likeness (QED) is 0.804. The lowest BCUT2D eigenvalue weighted by molar-refractivity contribution is 0.425. The van der Waals surface area contributed by atoms with Gasteiger partial charge in [0, 0.05) is 22.3 Å². The van der Waals surface area contributed by atoms with Crippen LogP contribution in [0.3, 0.4) is 0 Å². The molecule has 0 aliphatic heterocycles. The van der Waals surface area contributed by atoms with Gasteiger partial charge in [0.2, 0.25) is 9.05 Å². The van der Waals surface area contributed by atoms with Crippen LogP contribution in [-0.2, 0) is 14.8 Å². The summed E-state index contributed by atoms with van der Waals surface area (Å²) in [6, 6.07) is 1.08. The Labute approximate surface area is 83.4 Å². The van der Waals surface area contributed by atoms with E-state index in [0.717, 1.165) is 0 Å². The number of halogens is 3. The normalized spacial score (nSPS) is 11.6. The number of rotatable bonds is 2. The molecule has 0 spiro atoms. The number of hydrogen-bond donors (Lipinski definition) is 1. The lowest BCUT2D eigenvalue weighted by Crippen LogP contribution is -1.99. The summed E-state index contributed by atoms with van der Waals surface area (Å²) in [6.45, 7) is 0. The van der Waals surface area contributed by atoms with E-state index in [9.17, 15) is 17.2 Å². The SMILES string of the molecule is O=S(=O)(Cl)Cc1cc(F)c(O)cc1F. The van der Waals surface area contributed by atoms with Gasteiger partial charge >= 0.3 is 0 Å². The second-order valence-corrected chi connectivity index (χ2v) is 5.36. The fraction of sp³-hybridized carbons (Fsp3) is 0.143. The topological polar surface area (TPSA) is 54.4 Å². The third-order valence-corrected chi connectivity index (χ3v) is 2.43. The third-order valence-electron chi connectivity index (χ3n) is 1.44. The summed E-state index contributed by atoms with van der Waals surface area (Å²) >= 11 is 0. The first kappa shape index (κ1) is 11.2. The number of hydrogen-bond acceptors (Lipinski definition) is 3. The molecular formula is C7H5ClF2O3S. The van der Waals surface area contributed by atoms with Crippen molar-refractivity contribution in [3.8, 4) is 5.75 Å². The van der Waals surface area contributed by atoms with E-state index in [-0.39, 0.29) is 0 Å². The molecule has 1 rings (SSSR count). The summed E-state index contributed by atoms with van der Waals surface area (Å²) in [5, 5.41) is 8.73. The number of aromatic hydroxyl groups is 1. The van der Waals surface area contributed by atoms with Gasteiger partial charge in [-0.2, -0.15) is 0 Å². The fourth-order valence-electron chi connectivity index (χ4n) is 0.874. The maximum absolute atomic E-state index is 12.9. The van der Waals surface area contributed by atoms with Gasteiger partial charge in [0.25, 0.3) is 0 Å². The molecule has 3 nitrogen and oxygen atoms in total. The van der Waals surface area contributed by atoms with Gasteiger partial charge in [0.1, 0.15) is 5.82 Å². The molecule has 7 heteroatoms. The highest BCUT2D eigenvalue weighted by Crippen LogP contribution is 2.22. The van der Waals surface area contributed by atoms with E-state index < -0.39 is 37.8 Å². The molecule has 0 atom stereocenters. The Morgan fingerprint density at radius 3 is 2.36 bits per heavy atom. The molecule has 0 heterocycles. The summed E-state index contributed by atoms with van der Waals surface area (Å²) in [7, 11) is 0.907. The van der Waals surface area contributed by atoms with Gasteiger partial charge in [-0.05, 0) is 6.07 Å². The van der Waals surface area contributed by atoms with E-state index in [1.807, 2.05) is 0 Å². The van der Waals surface area contributed by atoms with Crippen LogP contribution < -0.4 is 0 Å². The van der Waals surface area contributed by atoms with Crippen LogP contribution in [0.1, 0.15) is 5.56 Å². The molecule has 0 saturated heterocycles. The number of phenolic OH excluding ortho intramolecular Hbond substituents is 1. The highest BCUT2D eigenvalue weighted by Gasteiger charge is 2.14. The summed E-state index contributed by atoms with van der Waals surface area (Å²) < 4.78 is 46.7. The van der Waals surface area contributed by atoms with Gasteiger partial charge in [-0.1, -0.05) is 0 Å². The molecule has 1 N–H and O–H groups in total. The molecule has 0 aromatic heterocycles. The Hall–Kier alpha value is -0.880. The van der Waals surface area contributed by atoms with Crippen molar-refractivity contribution in [1.82, 2.24) is 0 Å². The van der Waals surface area contributed by atoms with Crippen molar-refractivity contribution in [3.63, 3.8) is 0 Å². The monoisotopic (exact) mass is 242 g/mol. The molecule has 1 aromatic rings. The van der Waals surface area contributed by atoms with E-state index in [2.05, 4.69) is 0 Å². The van der Waals surface area contributed by atoms with Crippen LogP contribution in [-0.4, -0.2) is 13.5 Å². The molecule has 0 saturated carbocycles. The molecule has 1 aromatic carbocycles. The molecule has 0 aliphatic carbocycles. The largest absolute Gasteiger partial charge is 0.505 e. The van der Waals surface area contributed by atoms with Crippen molar-refractivity contribution in [2.45, 2.75) is 5.75 Å². The fourth-order valence-corrected chi connectivity index (χ4v) is 1.82. The Balaban J connectivity index is 3.17. The summed E-state index contributed by atoms with van der Waals surface area (Å²) in [5.74, 6) is -3.81. The van der Waals surface area contributed by atoms with Crippen LogP contribution in [0.2, 0.25) is 0 Å². The molecule has 14 heavy (non-hydrogen) atoms. The smallest absolute Gasteiger partial charge is 0.236 e. The summed E-state index contributed by atoms with van der Waals surface area (Å²) in [5.41, 5.74) is -0.421. The average Bonchev–Trinajstić information content (AvgIpc) is 1.97. The zero-order chi connectivity index (χ0) is 10.9. The van der Waals surface area contributed by atoms with Crippen molar-refractivity contribution in [3.05, 3.63) is 29.3 Å². The van der Waals surface area contributed by atoms with Crippen molar-refractivity contribution < 1.29 is 22.3 Å². The minimum Gasteiger partial charge on any atom is -0.505 e. The second kappa shape index (κ2) is 3.70.